The fourth-order valence-corrected chi connectivity index (χ4v) is 6.10. The highest BCUT2D eigenvalue weighted by Crippen LogP contribution is 2.54. The lowest BCUT2D eigenvalue weighted by molar-refractivity contribution is -0.0579. The van der Waals surface area contributed by atoms with E-state index in [-0.39, 0.29) is 23.0 Å². The highest BCUT2D eigenvalue weighted by atomic mass is 16.6. The van der Waals surface area contributed by atoms with E-state index in [0.29, 0.717) is 24.0 Å². The van der Waals surface area contributed by atoms with E-state index >= 15 is 0 Å². The molecule has 1 saturated carbocycles. The van der Waals surface area contributed by atoms with Crippen molar-refractivity contribution < 1.29 is 18.7 Å². The van der Waals surface area contributed by atoms with E-state index in [2.05, 4.69) is 29.2 Å². The molecule has 1 aromatic heterocycles. The summed E-state index contributed by atoms with van der Waals surface area (Å²) in [4.78, 5) is 29.3. The summed E-state index contributed by atoms with van der Waals surface area (Å²) in [7, 11) is 0. The number of amides is 1. The van der Waals surface area contributed by atoms with Gasteiger partial charge in [0, 0.05) is 32.2 Å². The SMILES string of the molecule is CC(Oc1coc(CN2CCc3ccccc3C2)cc1=O)C1CC2(CCN(C(=O)OC(C)(C)C)CC2)C1. The number of fused-ring (bicyclic) bond motifs is 1. The van der Waals surface area contributed by atoms with Crippen LogP contribution in [0.2, 0.25) is 0 Å². The molecule has 0 bridgehead atoms. The van der Waals surface area contributed by atoms with E-state index in [1.807, 2.05) is 32.6 Å². The van der Waals surface area contributed by atoms with Gasteiger partial charge in [0.05, 0.1) is 12.6 Å². The summed E-state index contributed by atoms with van der Waals surface area (Å²) >= 11 is 0. The topological polar surface area (TPSA) is 72.2 Å². The van der Waals surface area contributed by atoms with Crippen molar-refractivity contribution in [2.75, 3.05) is 19.6 Å². The Bertz CT molecular complexity index is 1170. The molecule has 2 fully saturated rings. The lowest BCUT2D eigenvalue weighted by Gasteiger charge is -2.53. The molecule has 0 radical (unpaired) electrons. The molecule has 1 aliphatic carbocycles. The average molecular weight is 509 g/mol. The van der Waals surface area contributed by atoms with Gasteiger partial charge in [0.25, 0.3) is 0 Å². The van der Waals surface area contributed by atoms with Crippen LogP contribution >= 0.6 is 0 Å². The third kappa shape index (κ3) is 6.03. The maximum absolute atomic E-state index is 12.8. The summed E-state index contributed by atoms with van der Waals surface area (Å²) < 4.78 is 17.4. The number of nitrogens with zero attached hydrogens (tertiary/aromatic N) is 2. The quantitative estimate of drug-likeness (QED) is 0.539. The van der Waals surface area contributed by atoms with Gasteiger partial charge in [0.2, 0.25) is 11.2 Å². The van der Waals surface area contributed by atoms with Crippen LogP contribution in [0.5, 0.6) is 5.75 Å². The number of benzene rings is 1. The largest absolute Gasteiger partial charge is 0.483 e. The van der Waals surface area contributed by atoms with Crippen LogP contribution in [0.15, 0.2) is 45.8 Å². The Kier molecular flexibility index (Phi) is 7.10. The first-order valence-corrected chi connectivity index (χ1v) is 13.6. The van der Waals surface area contributed by atoms with Gasteiger partial charge in [-0.15, -0.1) is 0 Å². The molecule has 3 aliphatic rings. The Morgan fingerprint density at radius 3 is 2.51 bits per heavy atom. The third-order valence-corrected chi connectivity index (χ3v) is 8.28. The van der Waals surface area contributed by atoms with Gasteiger partial charge in [-0.1, -0.05) is 24.3 Å². The summed E-state index contributed by atoms with van der Waals surface area (Å²) in [6.07, 6.45) is 6.35. The van der Waals surface area contributed by atoms with Gasteiger partial charge in [-0.3, -0.25) is 9.69 Å². The van der Waals surface area contributed by atoms with Crippen molar-refractivity contribution >= 4 is 6.09 Å². The molecule has 0 N–H and O–H groups in total. The molecule has 2 aromatic rings. The first kappa shape index (κ1) is 25.8. The number of hydrogen-bond donors (Lipinski definition) is 0. The van der Waals surface area contributed by atoms with Crippen molar-refractivity contribution in [2.45, 2.75) is 84.6 Å². The predicted molar refractivity (Wildman–Crippen MR) is 142 cm³/mol. The molecule has 1 saturated heterocycles. The lowest BCUT2D eigenvalue weighted by Crippen LogP contribution is -2.52. The van der Waals surface area contributed by atoms with Gasteiger partial charge in [-0.25, -0.2) is 4.79 Å². The Labute approximate surface area is 219 Å². The molecule has 1 amide bonds. The second-order valence-corrected chi connectivity index (χ2v) is 12.3. The van der Waals surface area contributed by atoms with Crippen LogP contribution in [0.3, 0.4) is 0 Å². The van der Waals surface area contributed by atoms with Crippen LogP contribution < -0.4 is 10.2 Å². The van der Waals surface area contributed by atoms with Crippen molar-refractivity contribution in [2.24, 2.45) is 11.3 Å². The number of ether oxygens (including phenoxy) is 2. The Balaban J connectivity index is 1.09. The highest BCUT2D eigenvalue weighted by Gasteiger charge is 2.48. The van der Waals surface area contributed by atoms with Gasteiger partial charge in [-0.2, -0.15) is 0 Å². The normalized spacial score (nSPS) is 20.7. The van der Waals surface area contributed by atoms with Gasteiger partial charge >= 0.3 is 6.09 Å². The zero-order valence-corrected chi connectivity index (χ0v) is 22.6. The van der Waals surface area contributed by atoms with E-state index < -0.39 is 5.60 Å². The van der Waals surface area contributed by atoms with Gasteiger partial charge < -0.3 is 18.8 Å². The molecule has 2 aliphatic heterocycles. The van der Waals surface area contributed by atoms with Gasteiger partial charge in [0.15, 0.2) is 0 Å². The van der Waals surface area contributed by atoms with Crippen LogP contribution in [0, 0.1) is 11.3 Å². The molecular formula is C30H40N2O5. The minimum Gasteiger partial charge on any atom is -0.483 e. The zero-order chi connectivity index (χ0) is 26.2. The maximum Gasteiger partial charge on any atom is 0.410 e. The monoisotopic (exact) mass is 508 g/mol. The minimum atomic E-state index is -0.467. The second kappa shape index (κ2) is 10.2. The summed E-state index contributed by atoms with van der Waals surface area (Å²) in [5.41, 5.74) is 2.45. The highest BCUT2D eigenvalue weighted by molar-refractivity contribution is 5.68. The predicted octanol–water partition coefficient (Wildman–Crippen LogP) is 5.39. The smallest absolute Gasteiger partial charge is 0.410 e. The second-order valence-electron chi connectivity index (χ2n) is 12.3. The number of piperidine rings is 1. The number of rotatable bonds is 5. The maximum atomic E-state index is 12.8. The fraction of sp³-hybridized carbons (Fsp3) is 0.600. The summed E-state index contributed by atoms with van der Waals surface area (Å²) in [6, 6.07) is 10.1. The fourth-order valence-electron chi connectivity index (χ4n) is 6.10. The number of carbonyl (C=O) groups is 1. The molecule has 7 heteroatoms. The van der Waals surface area contributed by atoms with Crippen LogP contribution in [0.4, 0.5) is 4.79 Å². The van der Waals surface area contributed by atoms with Crippen LogP contribution in [-0.4, -0.2) is 47.2 Å². The van der Waals surface area contributed by atoms with Crippen LogP contribution in [0.25, 0.3) is 0 Å². The standard InChI is InChI=1S/C30H40N2O5/c1-21(24-16-30(17-24)10-13-32(14-11-30)28(34)37-29(2,3)4)36-27-20-35-25(15-26(27)33)19-31-12-9-22-7-5-6-8-23(22)18-31/h5-8,15,20-21,24H,9-14,16-19H2,1-4H3. The first-order valence-electron chi connectivity index (χ1n) is 13.6. The number of likely N-dealkylation sites (tertiary alicyclic amines) is 1. The molecule has 37 heavy (non-hydrogen) atoms. The van der Waals surface area contributed by atoms with E-state index in [9.17, 15) is 9.59 Å². The molecule has 3 heterocycles. The van der Waals surface area contributed by atoms with Gasteiger partial charge in [-0.05, 0) is 82.3 Å². The molecule has 1 unspecified atom stereocenters. The van der Waals surface area contributed by atoms with Crippen LogP contribution in [-0.2, 0) is 24.2 Å². The van der Waals surface area contributed by atoms with E-state index in [4.69, 9.17) is 13.9 Å². The molecule has 5 rings (SSSR count). The molecule has 200 valence electrons. The van der Waals surface area contributed by atoms with Crippen LogP contribution in [0.1, 0.15) is 70.3 Å². The Hall–Kier alpha value is -2.80. The zero-order valence-electron chi connectivity index (χ0n) is 22.6. The molecule has 7 nitrogen and oxygen atoms in total. The third-order valence-electron chi connectivity index (χ3n) is 8.28. The van der Waals surface area contributed by atoms with Crippen molar-refractivity contribution in [1.82, 2.24) is 9.80 Å². The number of carbonyl (C=O) groups excluding carboxylic acids is 1. The van der Waals surface area contributed by atoms with Crippen molar-refractivity contribution in [3.8, 4) is 5.75 Å². The van der Waals surface area contributed by atoms with E-state index in [1.54, 1.807) is 6.07 Å². The summed E-state index contributed by atoms with van der Waals surface area (Å²) in [5.74, 6) is 1.37. The first-order chi connectivity index (χ1) is 17.6. The summed E-state index contributed by atoms with van der Waals surface area (Å²) in [5, 5.41) is 0. The van der Waals surface area contributed by atoms with Crippen molar-refractivity contribution in [3.05, 3.63) is 63.7 Å². The molecule has 1 aromatic carbocycles. The molecule has 1 atom stereocenters. The van der Waals surface area contributed by atoms with E-state index in [0.717, 1.165) is 58.3 Å². The Morgan fingerprint density at radius 1 is 1.14 bits per heavy atom. The average Bonchev–Trinajstić information content (AvgIpc) is 2.83. The van der Waals surface area contributed by atoms with Crippen molar-refractivity contribution in [1.29, 1.82) is 0 Å². The van der Waals surface area contributed by atoms with E-state index in [1.165, 1.54) is 17.4 Å². The lowest BCUT2D eigenvalue weighted by atomic mass is 9.56. The molecule has 1 spiro atoms. The molecular weight excluding hydrogens is 468 g/mol. The van der Waals surface area contributed by atoms with Crippen molar-refractivity contribution in [3.63, 3.8) is 0 Å². The summed E-state index contributed by atoms with van der Waals surface area (Å²) in [6.45, 7) is 11.7. The minimum absolute atomic E-state index is 0.0538. The number of hydrogen-bond acceptors (Lipinski definition) is 6. The van der Waals surface area contributed by atoms with Gasteiger partial charge in [0.1, 0.15) is 17.6 Å². The Morgan fingerprint density at radius 2 is 1.84 bits per heavy atom.